The van der Waals surface area contributed by atoms with Gasteiger partial charge in [0.05, 0.1) is 0 Å². The van der Waals surface area contributed by atoms with Crippen molar-refractivity contribution >= 4 is 17.1 Å². The largest absolute Gasteiger partial charge is 0.311 e. The van der Waals surface area contributed by atoms with Gasteiger partial charge in [0.25, 0.3) is 0 Å². The van der Waals surface area contributed by atoms with Crippen molar-refractivity contribution in [2.75, 3.05) is 4.90 Å². The van der Waals surface area contributed by atoms with Gasteiger partial charge in [-0.2, -0.15) is 0 Å². The average Bonchev–Trinajstić information content (AvgIpc) is 4.16. The van der Waals surface area contributed by atoms with Gasteiger partial charge in [-0.1, -0.05) is 291 Å². The number of hydrogen-bond acceptors (Lipinski definition) is 1. The van der Waals surface area contributed by atoms with E-state index in [2.05, 4.69) is 196 Å². The van der Waals surface area contributed by atoms with E-state index in [-0.39, 0.29) is 10.8 Å². The quantitative estimate of drug-likeness (QED) is 0.0371. The fraction of sp³-hybridized carbons (Fsp3) is 0.447. The van der Waals surface area contributed by atoms with Gasteiger partial charge in [-0.3, -0.25) is 0 Å². The molecule has 2 aliphatic rings. The molecular weight excluding hydrogens is 927 g/mol. The first-order valence-corrected chi connectivity index (χ1v) is 31.6. The Morgan fingerprint density at radius 3 is 0.922 bits per heavy atom. The number of unbranched alkanes of at least 4 members (excludes halogenated alkanes) is 20. The van der Waals surface area contributed by atoms with Crippen LogP contribution in [0.15, 0.2) is 164 Å². The maximum Gasteiger partial charge on any atom is 0.0462 e. The second-order valence-electron chi connectivity index (χ2n) is 23.6. The van der Waals surface area contributed by atoms with E-state index < -0.39 is 0 Å². The van der Waals surface area contributed by atoms with E-state index in [1.807, 2.05) is 0 Å². The predicted octanol–water partition coefficient (Wildman–Crippen LogP) is 24.0. The first kappa shape index (κ1) is 56.1. The molecule has 0 amide bonds. The third-order valence-corrected chi connectivity index (χ3v) is 18.3. The van der Waals surface area contributed by atoms with Gasteiger partial charge in [-0.05, 0) is 147 Å². The zero-order valence-corrected chi connectivity index (χ0v) is 48.3. The van der Waals surface area contributed by atoms with Crippen LogP contribution in [0.5, 0.6) is 0 Å². The molecule has 0 aliphatic heterocycles. The summed E-state index contributed by atoms with van der Waals surface area (Å²) in [6, 6.07) is 63.6. The molecule has 2 aliphatic carbocycles. The van der Waals surface area contributed by atoms with E-state index in [0.29, 0.717) is 0 Å². The molecule has 0 radical (unpaired) electrons. The van der Waals surface area contributed by atoms with Crippen LogP contribution in [0.25, 0.3) is 44.5 Å². The molecule has 7 aromatic carbocycles. The molecule has 0 bridgehead atoms. The van der Waals surface area contributed by atoms with Gasteiger partial charge >= 0.3 is 0 Å². The van der Waals surface area contributed by atoms with E-state index in [9.17, 15) is 0 Å². The minimum Gasteiger partial charge on any atom is -0.311 e. The lowest BCUT2D eigenvalue weighted by atomic mass is 9.69. The molecule has 0 aromatic heterocycles. The predicted molar refractivity (Wildman–Crippen MR) is 336 cm³/mol. The summed E-state index contributed by atoms with van der Waals surface area (Å²) in [5.41, 5.74) is 21.2. The molecule has 9 rings (SSSR count). The van der Waals surface area contributed by atoms with Gasteiger partial charge < -0.3 is 4.90 Å². The molecule has 1 nitrogen and oxygen atoms in total. The van der Waals surface area contributed by atoms with Crippen LogP contribution in [0.3, 0.4) is 0 Å². The van der Waals surface area contributed by atoms with Crippen molar-refractivity contribution in [2.45, 2.75) is 218 Å². The van der Waals surface area contributed by atoms with Crippen LogP contribution in [0.4, 0.5) is 17.1 Å². The molecule has 0 saturated heterocycles. The van der Waals surface area contributed by atoms with E-state index >= 15 is 0 Å². The molecular formula is C76H95N. The number of hydrogen-bond donors (Lipinski definition) is 0. The highest BCUT2D eigenvalue weighted by molar-refractivity contribution is 5.88. The fourth-order valence-corrected chi connectivity index (χ4v) is 14.0. The fourth-order valence-electron chi connectivity index (χ4n) is 14.0. The van der Waals surface area contributed by atoms with Crippen LogP contribution in [0.2, 0.25) is 0 Å². The van der Waals surface area contributed by atoms with E-state index in [0.717, 1.165) is 0 Å². The van der Waals surface area contributed by atoms with E-state index in [1.54, 1.807) is 22.3 Å². The third-order valence-electron chi connectivity index (χ3n) is 18.3. The Morgan fingerprint density at radius 1 is 0.247 bits per heavy atom. The van der Waals surface area contributed by atoms with Gasteiger partial charge in [0.15, 0.2) is 0 Å². The van der Waals surface area contributed by atoms with Gasteiger partial charge in [-0.25, -0.2) is 0 Å². The molecule has 7 aromatic rings. The van der Waals surface area contributed by atoms with Crippen LogP contribution >= 0.6 is 0 Å². The van der Waals surface area contributed by atoms with Gasteiger partial charge in [-0.15, -0.1) is 0 Å². The van der Waals surface area contributed by atoms with Crippen LogP contribution in [-0.2, 0) is 10.8 Å². The number of nitrogens with zero attached hydrogens (tertiary/aromatic N) is 1. The third kappa shape index (κ3) is 13.1. The Kier molecular flexibility index (Phi) is 20.6. The van der Waals surface area contributed by atoms with Crippen LogP contribution < -0.4 is 4.90 Å². The topological polar surface area (TPSA) is 3.24 Å². The van der Waals surface area contributed by atoms with Gasteiger partial charge in [0, 0.05) is 27.9 Å². The molecule has 0 saturated carbocycles. The van der Waals surface area contributed by atoms with Crippen LogP contribution in [-0.4, -0.2) is 0 Å². The summed E-state index contributed by atoms with van der Waals surface area (Å²) in [6.07, 6.45) is 36.9. The number of fused-ring (bicyclic) bond motifs is 6. The standard InChI is InChI=1S/C76H95N/c1-5-9-13-17-21-33-53-75(54-34-22-18-14-10-6-2)71-42-32-31-41-67(71)68-51-46-62(58-72(68)75)63-47-52-70-69-50-45-61(60-43-48-66(49-44-60)77(64-37-27-25-28-38-64)65-39-29-26-30-40-65)57-73(69)76(74(70)59-63,55-35-23-19-15-11-7-3)56-36-24-20-16-12-8-4/h25-32,37-52,57-59H,5-24,33-36,53-56H2,1-4H3. The molecule has 0 N–H and O–H groups in total. The second-order valence-corrected chi connectivity index (χ2v) is 23.6. The maximum atomic E-state index is 2.71. The summed E-state index contributed by atoms with van der Waals surface area (Å²) in [7, 11) is 0. The lowest BCUT2D eigenvalue weighted by Gasteiger charge is -2.34. The van der Waals surface area contributed by atoms with Crippen LogP contribution in [0, 0.1) is 0 Å². The number of benzene rings is 7. The highest BCUT2D eigenvalue weighted by atomic mass is 15.1. The first-order valence-electron chi connectivity index (χ1n) is 31.6. The maximum absolute atomic E-state index is 2.71. The molecule has 0 spiro atoms. The zero-order valence-electron chi connectivity index (χ0n) is 48.3. The van der Waals surface area contributed by atoms with Gasteiger partial charge in [0.1, 0.15) is 0 Å². The summed E-state index contributed by atoms with van der Waals surface area (Å²) in [4.78, 5) is 2.37. The normalized spacial score (nSPS) is 13.6. The van der Waals surface area contributed by atoms with Crippen molar-refractivity contribution in [3.05, 3.63) is 186 Å². The number of rotatable bonds is 33. The lowest BCUT2D eigenvalue weighted by Crippen LogP contribution is -2.26. The lowest BCUT2D eigenvalue weighted by molar-refractivity contribution is 0.397. The Morgan fingerprint density at radius 2 is 0.532 bits per heavy atom. The van der Waals surface area contributed by atoms with Crippen molar-refractivity contribution in [2.24, 2.45) is 0 Å². The molecule has 77 heavy (non-hydrogen) atoms. The first-order chi connectivity index (χ1) is 38.0. The SMILES string of the molecule is CCCCCCCCC1(CCCCCCCC)c2ccccc2-c2ccc(-c3ccc4c(c3)C(CCCCCCCC)(CCCCCCCC)c3cc(-c5ccc(N(c6ccccc6)c6ccccc6)cc5)ccc3-4)cc21. The van der Waals surface area contributed by atoms with Crippen molar-refractivity contribution in [1.29, 1.82) is 0 Å². The molecule has 0 atom stereocenters. The van der Waals surface area contributed by atoms with Crippen molar-refractivity contribution in [3.63, 3.8) is 0 Å². The Bertz CT molecular complexity index is 2800. The Labute approximate surface area is 468 Å². The highest BCUT2D eigenvalue weighted by Crippen LogP contribution is 2.58. The molecule has 0 heterocycles. The minimum absolute atomic E-state index is 0.0319. The summed E-state index contributed by atoms with van der Waals surface area (Å²) < 4.78 is 0. The summed E-state index contributed by atoms with van der Waals surface area (Å²) in [6.45, 7) is 9.37. The van der Waals surface area contributed by atoms with Crippen molar-refractivity contribution in [1.82, 2.24) is 0 Å². The molecule has 1 heteroatoms. The Hall–Kier alpha value is -5.66. The average molecular weight is 1020 g/mol. The highest BCUT2D eigenvalue weighted by Gasteiger charge is 2.44. The molecule has 0 unspecified atom stereocenters. The van der Waals surface area contributed by atoms with Crippen molar-refractivity contribution in [3.8, 4) is 44.5 Å². The second kappa shape index (κ2) is 28.3. The monoisotopic (exact) mass is 1020 g/mol. The number of anilines is 3. The molecule has 0 fully saturated rings. The van der Waals surface area contributed by atoms with Crippen LogP contribution in [0.1, 0.15) is 230 Å². The number of para-hydroxylation sites is 2. The van der Waals surface area contributed by atoms with E-state index in [1.165, 1.54) is 241 Å². The zero-order chi connectivity index (χ0) is 53.1. The summed E-state index contributed by atoms with van der Waals surface area (Å²) >= 11 is 0. The smallest absolute Gasteiger partial charge is 0.0462 e. The van der Waals surface area contributed by atoms with E-state index in [4.69, 9.17) is 0 Å². The Balaban J connectivity index is 1.11. The van der Waals surface area contributed by atoms with Gasteiger partial charge in [0.2, 0.25) is 0 Å². The summed E-state index contributed by atoms with van der Waals surface area (Å²) in [5, 5.41) is 0. The summed E-state index contributed by atoms with van der Waals surface area (Å²) in [5.74, 6) is 0. The minimum atomic E-state index is -0.0319. The van der Waals surface area contributed by atoms with Crippen molar-refractivity contribution < 1.29 is 0 Å². The molecule has 404 valence electrons.